The molecule has 2 aromatic carbocycles. The lowest BCUT2D eigenvalue weighted by Gasteiger charge is -2.14. The Hall–Kier alpha value is -1.90. The van der Waals surface area contributed by atoms with E-state index >= 15 is 0 Å². The van der Waals surface area contributed by atoms with Gasteiger partial charge in [0.1, 0.15) is 11.6 Å². The average molecular weight is 233 g/mol. The van der Waals surface area contributed by atoms with Gasteiger partial charge in [-0.05, 0) is 41.5 Å². The third-order valence-corrected chi connectivity index (χ3v) is 2.84. The Morgan fingerprint density at radius 2 is 1.82 bits per heavy atom. The summed E-state index contributed by atoms with van der Waals surface area (Å²) in [5.74, 6) is -1.06. The molecule has 17 heavy (non-hydrogen) atoms. The summed E-state index contributed by atoms with van der Waals surface area (Å²) >= 11 is 0. The molecule has 2 rings (SSSR count). The molecule has 0 heterocycles. The maximum absolute atomic E-state index is 13.6. The summed E-state index contributed by atoms with van der Waals surface area (Å²) in [6.45, 7) is 1.83. The monoisotopic (exact) mass is 233 g/mol. The average Bonchev–Trinajstić information content (AvgIpc) is 2.31. The van der Waals surface area contributed by atoms with Crippen molar-refractivity contribution in [3.63, 3.8) is 0 Å². The molecule has 0 saturated heterocycles. The van der Waals surface area contributed by atoms with Crippen molar-refractivity contribution >= 4 is 5.69 Å². The van der Waals surface area contributed by atoms with Gasteiger partial charge in [0.15, 0.2) is 0 Å². The molecule has 0 aromatic heterocycles. The van der Waals surface area contributed by atoms with Crippen molar-refractivity contribution < 1.29 is 8.78 Å². The van der Waals surface area contributed by atoms with Crippen LogP contribution in [0.25, 0.3) is 0 Å². The Morgan fingerprint density at radius 1 is 1.06 bits per heavy atom. The molecule has 0 amide bonds. The number of anilines is 1. The van der Waals surface area contributed by atoms with E-state index in [4.69, 9.17) is 5.73 Å². The van der Waals surface area contributed by atoms with E-state index in [-0.39, 0.29) is 5.92 Å². The summed E-state index contributed by atoms with van der Waals surface area (Å²) in [6, 6.07) is 10.7. The van der Waals surface area contributed by atoms with Crippen molar-refractivity contribution in [2.75, 3.05) is 5.73 Å². The van der Waals surface area contributed by atoms with Crippen LogP contribution in [0.1, 0.15) is 24.0 Å². The molecule has 0 saturated carbocycles. The molecule has 0 aliphatic rings. The molecule has 0 unspecified atom stereocenters. The predicted octanol–water partition coefficient (Wildman–Crippen LogP) is 3.70. The topological polar surface area (TPSA) is 26.0 Å². The summed E-state index contributed by atoms with van der Waals surface area (Å²) < 4.78 is 26.7. The molecule has 0 spiro atoms. The van der Waals surface area contributed by atoms with E-state index in [0.717, 1.165) is 17.7 Å². The van der Waals surface area contributed by atoms with Gasteiger partial charge in [-0.3, -0.25) is 0 Å². The normalized spacial score (nSPS) is 12.4. The predicted molar refractivity (Wildman–Crippen MR) is 64.7 cm³/mol. The fourth-order valence-electron chi connectivity index (χ4n) is 1.85. The van der Waals surface area contributed by atoms with Crippen molar-refractivity contribution in [3.8, 4) is 0 Å². The summed E-state index contributed by atoms with van der Waals surface area (Å²) in [7, 11) is 0. The number of hydrogen-bond donors (Lipinski definition) is 1. The van der Waals surface area contributed by atoms with Gasteiger partial charge in [-0.1, -0.05) is 19.1 Å². The Bertz CT molecular complexity index is 537. The number of hydrogen-bond acceptors (Lipinski definition) is 1. The highest BCUT2D eigenvalue weighted by atomic mass is 19.1. The highest BCUT2D eigenvalue weighted by Gasteiger charge is 2.14. The SMILES string of the molecule is C[C@H](c1cccc(N)c1)c1cc(F)ccc1F. The van der Waals surface area contributed by atoms with Crippen LogP contribution in [0, 0.1) is 11.6 Å². The molecule has 2 N–H and O–H groups in total. The second kappa shape index (κ2) is 4.53. The zero-order chi connectivity index (χ0) is 12.4. The van der Waals surface area contributed by atoms with E-state index < -0.39 is 11.6 Å². The molecule has 3 heteroatoms. The van der Waals surface area contributed by atoms with Crippen molar-refractivity contribution in [1.82, 2.24) is 0 Å². The minimum atomic E-state index is -0.433. The van der Waals surface area contributed by atoms with Gasteiger partial charge in [-0.15, -0.1) is 0 Å². The fraction of sp³-hybridized carbons (Fsp3) is 0.143. The third-order valence-electron chi connectivity index (χ3n) is 2.84. The molecule has 2 aromatic rings. The number of benzene rings is 2. The molecule has 0 bridgehead atoms. The number of halogens is 2. The maximum atomic E-state index is 13.6. The zero-order valence-corrected chi connectivity index (χ0v) is 9.45. The molecule has 1 nitrogen and oxygen atoms in total. The van der Waals surface area contributed by atoms with Crippen LogP contribution in [0.15, 0.2) is 42.5 Å². The molecule has 0 aliphatic heterocycles. The summed E-state index contributed by atoms with van der Waals surface area (Å²) in [4.78, 5) is 0. The second-order valence-electron chi connectivity index (χ2n) is 4.06. The maximum Gasteiger partial charge on any atom is 0.127 e. The lowest BCUT2D eigenvalue weighted by Crippen LogP contribution is -2.01. The van der Waals surface area contributed by atoms with Crippen LogP contribution >= 0.6 is 0 Å². The summed E-state index contributed by atoms with van der Waals surface area (Å²) in [6.07, 6.45) is 0. The van der Waals surface area contributed by atoms with E-state index in [9.17, 15) is 8.78 Å². The van der Waals surface area contributed by atoms with Gasteiger partial charge < -0.3 is 5.73 Å². The smallest absolute Gasteiger partial charge is 0.127 e. The van der Waals surface area contributed by atoms with Crippen LogP contribution in [-0.2, 0) is 0 Å². The van der Waals surface area contributed by atoms with Crippen molar-refractivity contribution in [1.29, 1.82) is 0 Å². The largest absolute Gasteiger partial charge is 0.399 e. The molecule has 88 valence electrons. The second-order valence-corrected chi connectivity index (χ2v) is 4.06. The highest BCUT2D eigenvalue weighted by Crippen LogP contribution is 2.27. The first-order chi connectivity index (χ1) is 8.08. The lowest BCUT2D eigenvalue weighted by molar-refractivity contribution is 0.579. The van der Waals surface area contributed by atoms with Crippen LogP contribution < -0.4 is 5.73 Å². The van der Waals surface area contributed by atoms with Crippen molar-refractivity contribution in [3.05, 3.63) is 65.2 Å². The highest BCUT2D eigenvalue weighted by molar-refractivity contribution is 5.44. The number of rotatable bonds is 2. The number of nitrogens with two attached hydrogens (primary N) is 1. The molecule has 0 radical (unpaired) electrons. The Labute approximate surface area is 98.9 Å². The molecule has 0 aliphatic carbocycles. The van der Waals surface area contributed by atoms with Gasteiger partial charge in [-0.25, -0.2) is 8.78 Å². The van der Waals surface area contributed by atoms with Crippen LogP contribution in [0.5, 0.6) is 0 Å². The molecular formula is C14H13F2N. The van der Waals surface area contributed by atoms with E-state index in [1.54, 1.807) is 18.2 Å². The standard InChI is InChI=1S/C14H13F2N/c1-9(10-3-2-4-12(17)7-10)13-8-11(15)5-6-14(13)16/h2-9H,17H2,1H3/t9-/m1/s1. The van der Waals surface area contributed by atoms with Gasteiger partial charge in [0, 0.05) is 11.6 Å². The Morgan fingerprint density at radius 3 is 2.53 bits per heavy atom. The minimum Gasteiger partial charge on any atom is -0.399 e. The van der Waals surface area contributed by atoms with Gasteiger partial charge >= 0.3 is 0 Å². The summed E-state index contributed by atoms with van der Waals surface area (Å²) in [5, 5.41) is 0. The van der Waals surface area contributed by atoms with E-state index in [2.05, 4.69) is 0 Å². The van der Waals surface area contributed by atoms with E-state index in [0.29, 0.717) is 11.3 Å². The van der Waals surface area contributed by atoms with Gasteiger partial charge in [-0.2, -0.15) is 0 Å². The van der Waals surface area contributed by atoms with Crippen LogP contribution in [-0.4, -0.2) is 0 Å². The Kier molecular flexibility index (Phi) is 3.09. The van der Waals surface area contributed by atoms with Gasteiger partial charge in [0.25, 0.3) is 0 Å². The fourth-order valence-corrected chi connectivity index (χ4v) is 1.85. The third kappa shape index (κ3) is 2.44. The lowest BCUT2D eigenvalue weighted by atomic mass is 9.92. The van der Waals surface area contributed by atoms with E-state index in [1.807, 2.05) is 13.0 Å². The minimum absolute atomic E-state index is 0.228. The quantitative estimate of drug-likeness (QED) is 0.786. The summed E-state index contributed by atoms with van der Waals surface area (Å²) in [5.41, 5.74) is 7.50. The van der Waals surface area contributed by atoms with Crippen molar-refractivity contribution in [2.24, 2.45) is 0 Å². The molecule has 0 fully saturated rings. The van der Waals surface area contributed by atoms with Crippen LogP contribution in [0.2, 0.25) is 0 Å². The molecule has 1 atom stereocenters. The number of nitrogen functional groups attached to an aromatic ring is 1. The van der Waals surface area contributed by atoms with Crippen molar-refractivity contribution in [2.45, 2.75) is 12.8 Å². The van der Waals surface area contributed by atoms with Gasteiger partial charge in [0.05, 0.1) is 0 Å². The van der Waals surface area contributed by atoms with Gasteiger partial charge in [0.2, 0.25) is 0 Å². The first-order valence-corrected chi connectivity index (χ1v) is 5.38. The van der Waals surface area contributed by atoms with Crippen LogP contribution in [0.3, 0.4) is 0 Å². The van der Waals surface area contributed by atoms with Crippen LogP contribution in [0.4, 0.5) is 14.5 Å². The zero-order valence-electron chi connectivity index (χ0n) is 9.45. The first kappa shape index (κ1) is 11.6. The Balaban J connectivity index is 2.43. The first-order valence-electron chi connectivity index (χ1n) is 5.38. The van der Waals surface area contributed by atoms with E-state index in [1.165, 1.54) is 6.07 Å². The molecular weight excluding hydrogens is 220 g/mol.